The van der Waals surface area contributed by atoms with Crippen LogP contribution in [0.2, 0.25) is 0 Å². The summed E-state index contributed by atoms with van der Waals surface area (Å²) in [6.07, 6.45) is 31.0. The van der Waals surface area contributed by atoms with Crippen molar-refractivity contribution in [3.05, 3.63) is 120 Å². The molecule has 0 radical (unpaired) electrons. The number of hydrogen-bond acceptors (Lipinski definition) is 15. The van der Waals surface area contributed by atoms with Gasteiger partial charge in [0.05, 0.1) is 38.3 Å². The molecular formula is C66H92N10O8. The minimum atomic E-state index is 0.0303. The molecule has 1 unspecified atom stereocenters. The van der Waals surface area contributed by atoms with Gasteiger partial charge in [-0.25, -0.2) is 0 Å². The van der Waals surface area contributed by atoms with Crippen LogP contribution in [0.25, 0.3) is 27.7 Å². The van der Waals surface area contributed by atoms with E-state index in [1.807, 2.05) is 49.2 Å². The molecule has 1 saturated carbocycles. The maximum Gasteiger partial charge on any atom is 0.322 e. The van der Waals surface area contributed by atoms with Crippen LogP contribution in [0.1, 0.15) is 147 Å². The second-order valence-corrected chi connectivity index (χ2v) is 21.5. The molecular weight excluding hydrogens is 1060 g/mol. The van der Waals surface area contributed by atoms with E-state index < -0.39 is 0 Å². The Kier molecular flexibility index (Phi) is 29.5. The summed E-state index contributed by atoms with van der Waals surface area (Å²) in [4.78, 5) is 43.9. The van der Waals surface area contributed by atoms with Crippen molar-refractivity contribution in [2.24, 2.45) is 5.73 Å². The zero-order chi connectivity index (χ0) is 59.6. The van der Waals surface area contributed by atoms with E-state index in [4.69, 9.17) is 43.5 Å². The number of nitrogens with one attached hydrogen (secondary N) is 3. The van der Waals surface area contributed by atoms with Crippen LogP contribution in [-0.4, -0.2) is 126 Å². The van der Waals surface area contributed by atoms with E-state index in [0.717, 1.165) is 83.5 Å². The number of nitrogens with zero attached hydrogens (tertiary/aromatic N) is 6. The fraction of sp³-hybridized carbons (Fsp3) is 0.500. The number of ether oxygens (including phenoxy) is 4. The quantitative estimate of drug-likeness (QED) is 0.0375. The van der Waals surface area contributed by atoms with E-state index in [-0.39, 0.29) is 24.2 Å². The largest absolute Gasteiger partial charge is 0.508 e. The molecule has 2 saturated heterocycles. The summed E-state index contributed by atoms with van der Waals surface area (Å²) >= 11 is 0. The number of amides is 2. The van der Waals surface area contributed by atoms with Gasteiger partial charge in [0.1, 0.15) is 31.0 Å². The SMILES string of the molecule is C1=CC2=C(CC1)CCCC2.C1CCCCC1.C=O.CC(C)c1cnn2c(NCc3ccccc3-c3nccc4cc(NCCOCCOCCOc5cccc(O)c5)ccc34)nc(OC3CCCNC3)nc12.CCC(=O)N1CCCC1.NC=O. The number of aromatic nitrogens is 5. The highest BCUT2D eigenvalue weighted by Gasteiger charge is 2.21. The van der Waals surface area contributed by atoms with Crippen molar-refractivity contribution in [2.75, 3.05) is 76.4 Å². The molecule has 3 aromatic heterocycles. The van der Waals surface area contributed by atoms with Gasteiger partial charge in [-0.3, -0.25) is 14.6 Å². The monoisotopic (exact) mass is 1150 g/mol. The summed E-state index contributed by atoms with van der Waals surface area (Å²) in [6.45, 7) is 15.5. The Hall–Kier alpha value is -7.41. The molecule has 5 heterocycles. The van der Waals surface area contributed by atoms with Crippen molar-refractivity contribution >= 4 is 47.2 Å². The second kappa shape index (κ2) is 37.7. The number of aromatic hydroxyl groups is 1. The number of phenols is 1. The fourth-order valence-electron chi connectivity index (χ4n) is 10.7. The molecule has 3 aliphatic carbocycles. The van der Waals surface area contributed by atoms with Gasteiger partial charge in [-0.15, -0.1) is 0 Å². The average molecular weight is 1150 g/mol. The lowest BCUT2D eigenvalue weighted by Crippen LogP contribution is -2.37. The van der Waals surface area contributed by atoms with Crippen molar-refractivity contribution in [2.45, 2.75) is 148 Å². The molecule has 2 amide bonds. The highest BCUT2D eigenvalue weighted by Crippen LogP contribution is 2.33. The average Bonchev–Trinajstić information content (AvgIpc) is 4.38. The molecule has 6 aromatic rings. The molecule has 0 bridgehead atoms. The smallest absolute Gasteiger partial charge is 0.322 e. The van der Waals surface area contributed by atoms with Gasteiger partial charge in [0.2, 0.25) is 18.3 Å². The Balaban J connectivity index is 0.000000303. The first-order valence-electron chi connectivity index (χ1n) is 30.5. The number of anilines is 2. The number of nitrogens with two attached hydrogens (primary N) is 1. The number of allylic oxidation sites excluding steroid dienone is 4. The number of phenolic OH excluding ortho intramolecular Hbond substituents is 1. The Morgan fingerprint density at radius 2 is 1.58 bits per heavy atom. The molecule has 454 valence electrons. The van der Waals surface area contributed by atoms with Crippen molar-refractivity contribution < 1.29 is 38.4 Å². The first kappa shape index (κ1) is 65.7. The summed E-state index contributed by atoms with van der Waals surface area (Å²) in [7, 11) is 0. The number of carbonyl (C=O) groups is 3. The summed E-state index contributed by atoms with van der Waals surface area (Å²) in [5.41, 5.74) is 13.4. The van der Waals surface area contributed by atoms with Crippen LogP contribution in [0.15, 0.2) is 108 Å². The number of piperidine rings is 1. The predicted molar refractivity (Wildman–Crippen MR) is 335 cm³/mol. The molecule has 18 nitrogen and oxygen atoms in total. The molecule has 84 heavy (non-hydrogen) atoms. The van der Waals surface area contributed by atoms with Crippen molar-refractivity contribution in [3.8, 4) is 28.8 Å². The van der Waals surface area contributed by atoms with E-state index >= 15 is 0 Å². The zero-order valence-corrected chi connectivity index (χ0v) is 50.0. The number of likely N-dealkylation sites (tertiary alicyclic amines) is 1. The summed E-state index contributed by atoms with van der Waals surface area (Å²) in [5, 5.41) is 26.7. The Morgan fingerprint density at radius 1 is 0.845 bits per heavy atom. The first-order valence-corrected chi connectivity index (χ1v) is 30.5. The van der Waals surface area contributed by atoms with Gasteiger partial charge in [0.15, 0.2) is 5.65 Å². The first-order chi connectivity index (χ1) is 41.2. The van der Waals surface area contributed by atoms with Crippen LogP contribution >= 0.6 is 0 Å². The van der Waals surface area contributed by atoms with Gasteiger partial charge in [0.25, 0.3) is 0 Å². The highest BCUT2D eigenvalue weighted by atomic mass is 16.5. The van der Waals surface area contributed by atoms with Gasteiger partial charge in [0, 0.05) is 73.6 Å². The van der Waals surface area contributed by atoms with Crippen molar-refractivity contribution in [1.82, 2.24) is 34.8 Å². The van der Waals surface area contributed by atoms with E-state index in [2.05, 4.69) is 83.1 Å². The number of rotatable bonds is 19. The lowest BCUT2D eigenvalue weighted by atomic mass is 9.86. The lowest BCUT2D eigenvalue weighted by molar-refractivity contribution is -0.129. The summed E-state index contributed by atoms with van der Waals surface area (Å²) in [6, 6.07) is 23.8. The number of pyridine rings is 1. The summed E-state index contributed by atoms with van der Waals surface area (Å²) in [5.74, 6) is 1.93. The topological polar surface area (TPSA) is 230 Å². The van der Waals surface area contributed by atoms with Gasteiger partial charge < -0.3 is 55.4 Å². The number of hydrogen-bond donors (Lipinski definition) is 5. The van der Waals surface area contributed by atoms with Gasteiger partial charge in [-0.2, -0.15) is 19.6 Å². The van der Waals surface area contributed by atoms with Crippen LogP contribution in [-0.2, 0) is 30.4 Å². The van der Waals surface area contributed by atoms with Crippen LogP contribution in [0.3, 0.4) is 0 Å². The molecule has 3 aromatic carbocycles. The van der Waals surface area contributed by atoms with E-state index in [1.54, 1.807) is 39.9 Å². The highest BCUT2D eigenvalue weighted by molar-refractivity contribution is 5.96. The normalized spacial score (nSPS) is 16.1. The van der Waals surface area contributed by atoms with Crippen LogP contribution < -0.4 is 31.2 Å². The predicted octanol–water partition coefficient (Wildman–Crippen LogP) is 11.9. The minimum absolute atomic E-state index is 0.0303. The number of fused-ring (bicyclic) bond motifs is 2. The third-order valence-corrected chi connectivity index (χ3v) is 15.1. The second-order valence-electron chi connectivity index (χ2n) is 21.5. The molecule has 18 heteroatoms. The number of benzene rings is 3. The number of carbonyl (C=O) groups excluding carboxylic acids is 3. The fourth-order valence-corrected chi connectivity index (χ4v) is 10.7. The lowest BCUT2D eigenvalue weighted by Gasteiger charge is -2.23. The van der Waals surface area contributed by atoms with E-state index in [0.29, 0.717) is 76.2 Å². The van der Waals surface area contributed by atoms with Crippen LogP contribution in [0.4, 0.5) is 11.6 Å². The third-order valence-electron chi connectivity index (χ3n) is 15.1. The molecule has 0 spiro atoms. The standard InChI is InChI=1S/C41H48N8O5.C10H14.C7H13NO.C6H12.CH3NO.CH2O/c1-28(2)37-27-46-49-39(37)47-41(54-34-10-6-15-42-26-34)48-40(49)45-25-30-7-3-4-11-35(30)38-36-13-12-31(23-29(36)14-16-44-38)43-17-18-51-19-20-52-21-22-53-33-9-5-8-32(50)24-33;1-2-6-10-8-4-3-7-9(10)5-1;1-2-7(9)8-5-3-4-6-8;1-2-4-6-5-3-1;2-1-3;1-2/h3-5,7-9,11-14,16,23-24,27-28,34,42-43,50H,6,10,15,17-22,25-26H2,1-2H3,(H,45,47,48);1,5H,2-4,6-8H2;2-6H2,1H3;1-6H2;1H,(H2,2,3);1H2. The van der Waals surface area contributed by atoms with Crippen molar-refractivity contribution in [3.63, 3.8) is 0 Å². The minimum Gasteiger partial charge on any atom is -0.508 e. The summed E-state index contributed by atoms with van der Waals surface area (Å²) < 4.78 is 24.9. The van der Waals surface area contributed by atoms with Gasteiger partial charge in [-0.05, 0) is 124 Å². The Labute approximate surface area is 497 Å². The molecule has 11 rings (SSSR count). The van der Waals surface area contributed by atoms with Gasteiger partial charge in [-0.1, -0.05) is 113 Å². The van der Waals surface area contributed by atoms with Gasteiger partial charge >= 0.3 is 6.01 Å². The molecule has 5 aliphatic rings. The molecule has 2 aliphatic heterocycles. The van der Waals surface area contributed by atoms with Crippen molar-refractivity contribution in [1.29, 1.82) is 0 Å². The maximum atomic E-state index is 10.9. The molecule has 3 fully saturated rings. The van der Waals surface area contributed by atoms with Crippen LogP contribution in [0.5, 0.6) is 17.5 Å². The Bertz CT molecular complexity index is 2940. The molecule has 1 atom stereocenters. The Morgan fingerprint density at radius 3 is 2.30 bits per heavy atom. The third kappa shape index (κ3) is 21.7. The van der Waals surface area contributed by atoms with E-state index in [9.17, 15) is 9.90 Å². The maximum absolute atomic E-state index is 10.9. The number of primary amides is 1. The van der Waals surface area contributed by atoms with Crippen LogP contribution in [0, 0.1) is 0 Å². The van der Waals surface area contributed by atoms with E-state index in [1.165, 1.54) is 89.9 Å². The molecule has 6 N–H and O–H groups in total. The zero-order valence-electron chi connectivity index (χ0n) is 50.0.